The highest BCUT2D eigenvalue weighted by Gasteiger charge is 2.08. The summed E-state index contributed by atoms with van der Waals surface area (Å²) in [6, 6.07) is 17.1. The fourth-order valence-electron chi connectivity index (χ4n) is 2.17. The Morgan fingerprint density at radius 3 is 2.44 bits per heavy atom. The van der Waals surface area contributed by atoms with Crippen LogP contribution in [0.1, 0.15) is 11.1 Å². The summed E-state index contributed by atoms with van der Waals surface area (Å²) in [5.74, 6) is 0.807. The number of rotatable bonds is 9. The molecule has 2 aromatic rings. The predicted molar refractivity (Wildman–Crippen MR) is 95.3 cm³/mol. The summed E-state index contributed by atoms with van der Waals surface area (Å²) in [6.07, 6.45) is -1.24. The van der Waals surface area contributed by atoms with E-state index in [9.17, 15) is 9.90 Å². The molecule has 2 rings (SSSR count). The summed E-state index contributed by atoms with van der Waals surface area (Å²) in [5.41, 5.74) is 2.00. The molecule has 0 heterocycles. The van der Waals surface area contributed by atoms with E-state index in [0.29, 0.717) is 13.1 Å². The molecule has 0 radical (unpaired) electrons. The van der Waals surface area contributed by atoms with E-state index in [1.54, 1.807) is 7.11 Å². The molecule has 0 aliphatic heterocycles. The number of nitrogens with one attached hydrogen (secondary N) is 2. The van der Waals surface area contributed by atoms with Crippen LogP contribution in [0.2, 0.25) is 0 Å². The Morgan fingerprint density at radius 2 is 1.76 bits per heavy atom. The van der Waals surface area contributed by atoms with Crippen molar-refractivity contribution in [2.24, 2.45) is 0 Å². The third kappa shape index (κ3) is 7.24. The largest absolute Gasteiger partial charge is 0.497 e. The van der Waals surface area contributed by atoms with Crippen LogP contribution in [0.15, 0.2) is 54.6 Å². The van der Waals surface area contributed by atoms with Crippen molar-refractivity contribution in [3.63, 3.8) is 0 Å². The van der Waals surface area contributed by atoms with Gasteiger partial charge in [0.15, 0.2) is 0 Å². The molecule has 0 aliphatic rings. The highest BCUT2D eigenvalue weighted by atomic mass is 16.5. The Balaban J connectivity index is 1.58. The molecule has 1 atom stereocenters. The molecule has 0 fully saturated rings. The molecule has 2 aromatic carbocycles. The molecule has 0 aromatic heterocycles. The standard InChI is InChI=1S/C19H24N2O4/c1-24-18-9-7-15(8-10-18)11-20-12-17(22)13-21-19(23)25-14-16-5-3-2-4-6-16/h2-10,17,20,22H,11-14H2,1H3,(H,21,23). The summed E-state index contributed by atoms with van der Waals surface area (Å²) in [5, 5.41) is 15.6. The van der Waals surface area contributed by atoms with E-state index in [-0.39, 0.29) is 13.2 Å². The van der Waals surface area contributed by atoms with Gasteiger partial charge in [0.2, 0.25) is 0 Å². The van der Waals surface area contributed by atoms with E-state index in [2.05, 4.69) is 10.6 Å². The summed E-state index contributed by atoms with van der Waals surface area (Å²) >= 11 is 0. The molecule has 0 aliphatic carbocycles. The van der Waals surface area contributed by atoms with Gasteiger partial charge in [-0.3, -0.25) is 0 Å². The van der Waals surface area contributed by atoms with Gasteiger partial charge in [-0.1, -0.05) is 42.5 Å². The first kappa shape index (κ1) is 18.8. The maximum atomic E-state index is 11.6. The molecule has 3 N–H and O–H groups in total. The number of hydrogen-bond acceptors (Lipinski definition) is 5. The van der Waals surface area contributed by atoms with Gasteiger partial charge in [0.1, 0.15) is 12.4 Å². The van der Waals surface area contributed by atoms with Crippen LogP contribution < -0.4 is 15.4 Å². The molecule has 0 saturated heterocycles. The van der Waals surface area contributed by atoms with Crippen LogP contribution in [-0.2, 0) is 17.9 Å². The normalized spacial score (nSPS) is 11.6. The van der Waals surface area contributed by atoms with Crippen molar-refractivity contribution < 1.29 is 19.4 Å². The van der Waals surface area contributed by atoms with Gasteiger partial charge >= 0.3 is 6.09 Å². The molecular formula is C19H24N2O4. The van der Waals surface area contributed by atoms with Crippen molar-refractivity contribution in [2.75, 3.05) is 20.2 Å². The minimum absolute atomic E-state index is 0.128. The first-order chi connectivity index (χ1) is 12.2. The maximum Gasteiger partial charge on any atom is 0.407 e. The van der Waals surface area contributed by atoms with Gasteiger partial charge in [-0.05, 0) is 23.3 Å². The minimum Gasteiger partial charge on any atom is -0.497 e. The van der Waals surface area contributed by atoms with Crippen molar-refractivity contribution >= 4 is 6.09 Å². The molecule has 1 amide bonds. The minimum atomic E-state index is -0.692. The molecule has 0 bridgehead atoms. The van der Waals surface area contributed by atoms with Crippen LogP contribution in [0.4, 0.5) is 4.79 Å². The van der Waals surface area contributed by atoms with Gasteiger partial charge < -0.3 is 25.2 Å². The molecule has 6 heteroatoms. The second kappa shape index (κ2) is 10.3. The number of aliphatic hydroxyl groups is 1. The number of benzene rings is 2. The summed E-state index contributed by atoms with van der Waals surface area (Å²) in [7, 11) is 1.63. The third-order valence-electron chi connectivity index (χ3n) is 3.56. The molecule has 1 unspecified atom stereocenters. The number of carbonyl (C=O) groups is 1. The van der Waals surface area contributed by atoms with E-state index < -0.39 is 12.2 Å². The lowest BCUT2D eigenvalue weighted by Gasteiger charge is -2.13. The highest BCUT2D eigenvalue weighted by molar-refractivity contribution is 5.67. The van der Waals surface area contributed by atoms with Crippen LogP contribution in [-0.4, -0.2) is 37.5 Å². The summed E-state index contributed by atoms with van der Waals surface area (Å²) in [4.78, 5) is 11.6. The Morgan fingerprint density at radius 1 is 1.04 bits per heavy atom. The lowest BCUT2D eigenvalue weighted by molar-refractivity contribution is 0.125. The van der Waals surface area contributed by atoms with Crippen molar-refractivity contribution in [2.45, 2.75) is 19.3 Å². The van der Waals surface area contributed by atoms with E-state index in [1.807, 2.05) is 54.6 Å². The number of alkyl carbamates (subject to hydrolysis) is 1. The zero-order chi connectivity index (χ0) is 17.9. The Labute approximate surface area is 147 Å². The van der Waals surface area contributed by atoms with Crippen molar-refractivity contribution in [1.29, 1.82) is 0 Å². The number of amides is 1. The average molecular weight is 344 g/mol. The van der Waals surface area contributed by atoms with Crippen LogP contribution in [0.25, 0.3) is 0 Å². The first-order valence-corrected chi connectivity index (χ1v) is 8.13. The molecule has 6 nitrogen and oxygen atoms in total. The number of methoxy groups -OCH3 is 1. The topological polar surface area (TPSA) is 79.8 Å². The Kier molecular flexibility index (Phi) is 7.75. The summed E-state index contributed by atoms with van der Waals surface area (Å²) in [6.45, 7) is 1.33. The third-order valence-corrected chi connectivity index (χ3v) is 3.56. The zero-order valence-electron chi connectivity index (χ0n) is 14.3. The molecular weight excluding hydrogens is 320 g/mol. The van der Waals surface area contributed by atoms with Gasteiger partial charge in [0, 0.05) is 19.6 Å². The Bertz CT molecular complexity index is 632. The Hall–Kier alpha value is -2.57. The monoisotopic (exact) mass is 344 g/mol. The predicted octanol–water partition coefficient (Wildman–Crippen LogP) is 2.07. The van der Waals surface area contributed by atoms with E-state index in [4.69, 9.17) is 9.47 Å². The van der Waals surface area contributed by atoms with E-state index in [0.717, 1.165) is 16.9 Å². The number of hydrogen-bond donors (Lipinski definition) is 3. The molecule has 0 spiro atoms. The number of aliphatic hydroxyl groups excluding tert-OH is 1. The maximum absolute atomic E-state index is 11.6. The molecule has 25 heavy (non-hydrogen) atoms. The molecule has 134 valence electrons. The second-order valence-electron chi connectivity index (χ2n) is 5.58. The van der Waals surface area contributed by atoms with Crippen LogP contribution in [0.5, 0.6) is 5.75 Å². The quantitative estimate of drug-likeness (QED) is 0.649. The fraction of sp³-hybridized carbons (Fsp3) is 0.316. The fourth-order valence-corrected chi connectivity index (χ4v) is 2.17. The first-order valence-electron chi connectivity index (χ1n) is 8.13. The van der Waals surface area contributed by atoms with Gasteiger partial charge in [0.05, 0.1) is 13.2 Å². The van der Waals surface area contributed by atoms with E-state index >= 15 is 0 Å². The SMILES string of the molecule is COc1ccc(CNCC(O)CNC(=O)OCc2ccccc2)cc1. The number of ether oxygens (including phenoxy) is 2. The van der Waals surface area contributed by atoms with Crippen LogP contribution in [0, 0.1) is 0 Å². The van der Waals surface area contributed by atoms with Crippen LogP contribution >= 0.6 is 0 Å². The number of carbonyl (C=O) groups excluding carboxylic acids is 1. The lowest BCUT2D eigenvalue weighted by Crippen LogP contribution is -2.38. The van der Waals surface area contributed by atoms with Gasteiger partial charge in [-0.2, -0.15) is 0 Å². The highest BCUT2D eigenvalue weighted by Crippen LogP contribution is 2.10. The van der Waals surface area contributed by atoms with Crippen molar-refractivity contribution in [3.05, 3.63) is 65.7 Å². The van der Waals surface area contributed by atoms with Crippen LogP contribution in [0.3, 0.4) is 0 Å². The van der Waals surface area contributed by atoms with Gasteiger partial charge in [0.25, 0.3) is 0 Å². The lowest BCUT2D eigenvalue weighted by atomic mass is 10.2. The average Bonchev–Trinajstić information content (AvgIpc) is 2.66. The smallest absolute Gasteiger partial charge is 0.407 e. The van der Waals surface area contributed by atoms with Gasteiger partial charge in [-0.25, -0.2) is 4.79 Å². The van der Waals surface area contributed by atoms with Crippen molar-refractivity contribution in [3.8, 4) is 5.75 Å². The zero-order valence-corrected chi connectivity index (χ0v) is 14.3. The molecule has 0 saturated carbocycles. The van der Waals surface area contributed by atoms with E-state index in [1.165, 1.54) is 0 Å². The van der Waals surface area contributed by atoms with Gasteiger partial charge in [-0.15, -0.1) is 0 Å². The summed E-state index contributed by atoms with van der Waals surface area (Å²) < 4.78 is 10.2. The van der Waals surface area contributed by atoms with Crippen molar-refractivity contribution in [1.82, 2.24) is 10.6 Å². The second-order valence-corrected chi connectivity index (χ2v) is 5.58.